The first-order valence-corrected chi connectivity index (χ1v) is 7.51. The minimum absolute atomic E-state index is 0.0383. The molecule has 0 spiro atoms. The highest BCUT2D eigenvalue weighted by atomic mass is 32.3. The van der Waals surface area contributed by atoms with E-state index >= 15 is 0 Å². The minimum Gasteiger partial charge on any atom is -0.315 e. The second-order valence-corrected chi connectivity index (χ2v) is 6.21. The summed E-state index contributed by atoms with van der Waals surface area (Å²) in [6.45, 7) is 1.32. The summed E-state index contributed by atoms with van der Waals surface area (Å²) in [5, 5.41) is 8.26. The van der Waals surface area contributed by atoms with Gasteiger partial charge in [0.25, 0.3) is 0 Å². The van der Waals surface area contributed by atoms with Crippen molar-refractivity contribution >= 4 is 10.4 Å². The Hall–Kier alpha value is -1.02. The number of hydrogen-bond donors (Lipinski definition) is 0. The zero-order valence-corrected chi connectivity index (χ0v) is 10.7. The van der Waals surface area contributed by atoms with Crippen molar-refractivity contribution in [2.75, 3.05) is 13.1 Å². The van der Waals surface area contributed by atoms with Crippen molar-refractivity contribution < 1.29 is 12.3 Å². The first kappa shape index (κ1) is 12.0. The summed E-state index contributed by atoms with van der Waals surface area (Å²) in [6, 6.07) is 0. The molecule has 0 N–H and O–H groups in total. The molecule has 6 nitrogen and oxygen atoms in total. The lowest BCUT2D eigenvalue weighted by Crippen LogP contribution is -2.37. The van der Waals surface area contributed by atoms with Gasteiger partial charge in [0, 0.05) is 32.0 Å². The maximum Gasteiger partial charge on any atom is 0.374 e. The lowest BCUT2D eigenvalue weighted by atomic mass is 9.99. The fourth-order valence-corrected chi connectivity index (χ4v) is 3.53. The third-order valence-electron chi connectivity index (χ3n) is 3.70. The number of aromatic nitrogens is 3. The predicted molar refractivity (Wildman–Crippen MR) is 61.9 cm³/mol. The van der Waals surface area contributed by atoms with Gasteiger partial charge in [0.15, 0.2) is 0 Å². The van der Waals surface area contributed by atoms with Crippen molar-refractivity contribution in [3.05, 3.63) is 11.6 Å². The van der Waals surface area contributed by atoms with E-state index in [2.05, 4.69) is 14.8 Å². The van der Waals surface area contributed by atoms with Crippen molar-refractivity contribution in [2.24, 2.45) is 0 Å². The number of fused-ring (bicyclic) bond motifs is 1. The van der Waals surface area contributed by atoms with Gasteiger partial charge in [-0.25, -0.2) is 0 Å². The Morgan fingerprint density at radius 3 is 2.83 bits per heavy atom. The van der Waals surface area contributed by atoms with Gasteiger partial charge in [-0.05, 0) is 19.3 Å². The molecule has 0 aromatic carbocycles. The summed E-state index contributed by atoms with van der Waals surface area (Å²) in [7, 11) is -4.59. The molecule has 0 saturated carbocycles. The monoisotopic (exact) mass is 274 g/mol. The SMILES string of the molecule is O=S(=O)(F)N1CCCC(c2nnc3n2CCC3)C1. The van der Waals surface area contributed by atoms with Gasteiger partial charge in [0.2, 0.25) is 0 Å². The molecule has 3 heterocycles. The fourth-order valence-electron chi connectivity index (χ4n) is 2.83. The molecule has 0 bridgehead atoms. The Balaban J connectivity index is 1.84. The summed E-state index contributed by atoms with van der Waals surface area (Å²) >= 11 is 0. The van der Waals surface area contributed by atoms with Crippen LogP contribution in [-0.4, -0.2) is 40.6 Å². The van der Waals surface area contributed by atoms with Gasteiger partial charge in [-0.15, -0.1) is 10.2 Å². The Bertz CT molecular complexity index is 556. The molecule has 2 aliphatic heterocycles. The van der Waals surface area contributed by atoms with E-state index in [9.17, 15) is 12.3 Å². The van der Waals surface area contributed by atoms with Crippen molar-refractivity contribution in [2.45, 2.75) is 38.1 Å². The molecule has 1 aromatic rings. The third-order valence-corrected chi connectivity index (χ3v) is 4.64. The summed E-state index contributed by atoms with van der Waals surface area (Å²) in [6.07, 6.45) is 3.47. The Morgan fingerprint density at radius 1 is 1.22 bits per heavy atom. The lowest BCUT2D eigenvalue weighted by Gasteiger charge is -2.28. The van der Waals surface area contributed by atoms with E-state index in [-0.39, 0.29) is 19.0 Å². The van der Waals surface area contributed by atoms with E-state index in [4.69, 9.17) is 0 Å². The van der Waals surface area contributed by atoms with E-state index < -0.39 is 10.4 Å². The number of aryl methyl sites for hydroxylation is 1. The molecule has 1 unspecified atom stereocenters. The minimum atomic E-state index is -4.59. The van der Waals surface area contributed by atoms with Crippen molar-refractivity contribution in [1.82, 2.24) is 19.1 Å². The second-order valence-electron chi connectivity index (χ2n) is 4.87. The number of halogens is 1. The van der Waals surface area contributed by atoms with Crippen molar-refractivity contribution in [1.29, 1.82) is 0 Å². The molecule has 0 radical (unpaired) electrons. The molecule has 3 rings (SSSR count). The van der Waals surface area contributed by atoms with Gasteiger partial charge in [0.1, 0.15) is 11.6 Å². The topological polar surface area (TPSA) is 68.1 Å². The molecule has 100 valence electrons. The van der Waals surface area contributed by atoms with Gasteiger partial charge >= 0.3 is 10.4 Å². The number of rotatable bonds is 2. The van der Waals surface area contributed by atoms with Crippen LogP contribution in [0.5, 0.6) is 0 Å². The summed E-state index contributed by atoms with van der Waals surface area (Å²) in [4.78, 5) is 0. The molecule has 0 amide bonds. The van der Waals surface area contributed by atoms with Gasteiger partial charge in [-0.3, -0.25) is 0 Å². The molecular formula is C10H15FN4O2S. The van der Waals surface area contributed by atoms with Crippen LogP contribution in [0.3, 0.4) is 0 Å². The first-order valence-electron chi connectivity index (χ1n) is 6.17. The Morgan fingerprint density at radius 2 is 2.06 bits per heavy atom. The summed E-state index contributed by atoms with van der Waals surface area (Å²) in [5.74, 6) is 1.74. The second kappa shape index (κ2) is 4.27. The molecule has 1 atom stereocenters. The molecule has 1 fully saturated rings. The molecule has 1 aromatic heterocycles. The maximum absolute atomic E-state index is 13.0. The van der Waals surface area contributed by atoms with E-state index in [0.29, 0.717) is 6.42 Å². The van der Waals surface area contributed by atoms with Gasteiger partial charge in [0.05, 0.1) is 0 Å². The molecule has 1 saturated heterocycles. The van der Waals surface area contributed by atoms with E-state index in [1.54, 1.807) is 0 Å². The smallest absolute Gasteiger partial charge is 0.315 e. The summed E-state index contributed by atoms with van der Waals surface area (Å²) < 4.78 is 37.9. The lowest BCUT2D eigenvalue weighted by molar-refractivity contribution is 0.292. The van der Waals surface area contributed by atoms with Crippen LogP contribution >= 0.6 is 0 Å². The first-order chi connectivity index (χ1) is 8.55. The molecule has 8 heteroatoms. The third kappa shape index (κ3) is 2.03. The van der Waals surface area contributed by atoms with E-state index in [1.807, 2.05) is 0 Å². The highest BCUT2D eigenvalue weighted by Crippen LogP contribution is 2.29. The van der Waals surface area contributed by atoms with Gasteiger partial charge in [-0.2, -0.15) is 12.7 Å². The molecular weight excluding hydrogens is 259 g/mol. The zero-order chi connectivity index (χ0) is 12.8. The largest absolute Gasteiger partial charge is 0.374 e. The van der Waals surface area contributed by atoms with Crippen LogP contribution in [0, 0.1) is 0 Å². The normalized spacial score (nSPS) is 25.3. The van der Waals surface area contributed by atoms with Gasteiger partial charge in [-0.1, -0.05) is 3.89 Å². The van der Waals surface area contributed by atoms with Crippen molar-refractivity contribution in [3.63, 3.8) is 0 Å². The van der Waals surface area contributed by atoms with Crippen LogP contribution in [0.2, 0.25) is 0 Å². The number of nitrogens with zero attached hydrogens (tertiary/aromatic N) is 4. The Kier molecular flexibility index (Phi) is 2.86. The van der Waals surface area contributed by atoms with Crippen LogP contribution < -0.4 is 0 Å². The number of hydrogen-bond acceptors (Lipinski definition) is 4. The van der Waals surface area contributed by atoms with Crippen LogP contribution in [0.4, 0.5) is 3.89 Å². The molecule has 18 heavy (non-hydrogen) atoms. The molecule has 2 aliphatic rings. The summed E-state index contributed by atoms with van der Waals surface area (Å²) in [5.41, 5.74) is 0. The quantitative estimate of drug-likeness (QED) is 0.741. The van der Waals surface area contributed by atoms with Crippen LogP contribution in [-0.2, 0) is 23.4 Å². The average Bonchev–Trinajstić information content (AvgIpc) is 2.89. The van der Waals surface area contributed by atoms with Crippen LogP contribution in [0.15, 0.2) is 0 Å². The van der Waals surface area contributed by atoms with Crippen molar-refractivity contribution in [3.8, 4) is 0 Å². The maximum atomic E-state index is 13.0. The van der Waals surface area contributed by atoms with Gasteiger partial charge < -0.3 is 4.57 Å². The van der Waals surface area contributed by atoms with Crippen LogP contribution in [0.1, 0.15) is 36.8 Å². The van der Waals surface area contributed by atoms with E-state index in [0.717, 1.165) is 41.8 Å². The standard InChI is InChI=1S/C10H15FN4O2S/c11-18(16,17)14-5-1-3-8(7-14)10-13-12-9-4-2-6-15(9)10/h8H,1-7H2. The van der Waals surface area contributed by atoms with E-state index in [1.165, 1.54) is 0 Å². The highest BCUT2D eigenvalue weighted by molar-refractivity contribution is 7.83. The average molecular weight is 274 g/mol. The molecule has 0 aliphatic carbocycles. The highest BCUT2D eigenvalue weighted by Gasteiger charge is 2.33. The number of piperidine rings is 1. The zero-order valence-electron chi connectivity index (χ0n) is 9.92. The Labute approximate surface area is 105 Å². The fraction of sp³-hybridized carbons (Fsp3) is 0.800. The van der Waals surface area contributed by atoms with Crippen LogP contribution in [0.25, 0.3) is 0 Å². The predicted octanol–water partition coefficient (Wildman–Crippen LogP) is 0.618.